The molecule has 0 aliphatic heterocycles. The van der Waals surface area contributed by atoms with E-state index in [9.17, 15) is 0 Å². The van der Waals surface area contributed by atoms with Gasteiger partial charge in [0.2, 0.25) is 0 Å². The zero-order chi connectivity index (χ0) is 12.0. The van der Waals surface area contributed by atoms with Crippen LogP contribution in [-0.2, 0) is 6.42 Å². The smallest absolute Gasteiger partial charge is 0.0171 e. The highest BCUT2D eigenvalue weighted by Gasteiger charge is 2.08. The van der Waals surface area contributed by atoms with Gasteiger partial charge in [-0.3, -0.25) is 0 Å². The monoisotopic (exact) mass is 237 g/mol. The summed E-state index contributed by atoms with van der Waals surface area (Å²) in [6.45, 7) is 6.65. The molecule has 0 aromatic heterocycles. The van der Waals surface area contributed by atoms with Gasteiger partial charge in [-0.2, -0.15) is 11.8 Å². The van der Waals surface area contributed by atoms with Crippen molar-refractivity contribution in [3.05, 3.63) is 35.4 Å². The number of thioether (sulfide) groups is 1. The number of benzene rings is 1. The minimum absolute atomic E-state index is 0.278. The Labute approximate surface area is 104 Å². The van der Waals surface area contributed by atoms with E-state index in [0.29, 0.717) is 0 Å². The summed E-state index contributed by atoms with van der Waals surface area (Å²) in [5, 5.41) is 0.725. The van der Waals surface area contributed by atoms with Crippen LogP contribution in [0.15, 0.2) is 24.3 Å². The Kier molecular flexibility index (Phi) is 5.93. The molecule has 0 amide bonds. The lowest BCUT2D eigenvalue weighted by molar-refractivity contribution is 0.741. The molecule has 0 saturated heterocycles. The summed E-state index contributed by atoms with van der Waals surface area (Å²) >= 11 is 1.98. The fourth-order valence-corrected chi connectivity index (χ4v) is 2.52. The van der Waals surface area contributed by atoms with Crippen molar-refractivity contribution >= 4 is 11.8 Å². The Morgan fingerprint density at radius 1 is 1.31 bits per heavy atom. The molecule has 2 N–H and O–H groups in total. The van der Waals surface area contributed by atoms with E-state index in [2.05, 4.69) is 45.0 Å². The normalized spacial score (nSPS) is 14.8. The Balaban J connectivity index is 2.40. The summed E-state index contributed by atoms with van der Waals surface area (Å²) in [4.78, 5) is 0. The molecule has 1 rings (SSSR count). The molecule has 1 aromatic carbocycles. The van der Waals surface area contributed by atoms with Gasteiger partial charge in [-0.15, -0.1) is 0 Å². The first-order valence-electron chi connectivity index (χ1n) is 6.05. The summed E-state index contributed by atoms with van der Waals surface area (Å²) in [6, 6.07) is 8.79. The van der Waals surface area contributed by atoms with Crippen LogP contribution in [0.25, 0.3) is 0 Å². The highest BCUT2D eigenvalue weighted by atomic mass is 32.2. The maximum absolute atomic E-state index is 6.16. The van der Waals surface area contributed by atoms with Gasteiger partial charge in [-0.25, -0.2) is 0 Å². The average Bonchev–Trinajstić information content (AvgIpc) is 2.29. The molecule has 2 atom stereocenters. The standard InChI is InChI=1S/C14H23NS/c1-4-12(3)16-10-14(15)9-13-8-6-5-7-11(13)2/h5-8,12,14H,4,9-10,15H2,1-3H3. The van der Waals surface area contributed by atoms with Crippen molar-refractivity contribution in [1.29, 1.82) is 0 Å². The molecule has 0 fully saturated rings. The molecule has 16 heavy (non-hydrogen) atoms. The van der Waals surface area contributed by atoms with Crippen LogP contribution in [0.1, 0.15) is 31.4 Å². The molecule has 0 heterocycles. The molecular weight excluding hydrogens is 214 g/mol. The zero-order valence-electron chi connectivity index (χ0n) is 10.6. The van der Waals surface area contributed by atoms with Crippen molar-refractivity contribution in [3.63, 3.8) is 0 Å². The van der Waals surface area contributed by atoms with Crippen LogP contribution in [0.2, 0.25) is 0 Å². The van der Waals surface area contributed by atoms with Crippen LogP contribution in [0.3, 0.4) is 0 Å². The van der Waals surface area contributed by atoms with E-state index in [-0.39, 0.29) is 6.04 Å². The summed E-state index contributed by atoms with van der Waals surface area (Å²) in [5.74, 6) is 1.06. The molecule has 0 radical (unpaired) electrons. The van der Waals surface area contributed by atoms with Gasteiger partial charge in [0.15, 0.2) is 0 Å². The lowest BCUT2D eigenvalue weighted by atomic mass is 10.0. The van der Waals surface area contributed by atoms with Crippen molar-refractivity contribution in [2.45, 2.75) is 44.9 Å². The van der Waals surface area contributed by atoms with Gasteiger partial charge in [-0.1, -0.05) is 38.1 Å². The lowest BCUT2D eigenvalue weighted by Gasteiger charge is -2.15. The highest BCUT2D eigenvalue weighted by molar-refractivity contribution is 7.99. The molecule has 2 heteroatoms. The van der Waals surface area contributed by atoms with E-state index < -0.39 is 0 Å². The second kappa shape index (κ2) is 6.97. The van der Waals surface area contributed by atoms with Crippen LogP contribution in [-0.4, -0.2) is 17.0 Å². The van der Waals surface area contributed by atoms with E-state index in [1.807, 2.05) is 11.8 Å². The van der Waals surface area contributed by atoms with Crippen LogP contribution in [0.4, 0.5) is 0 Å². The Hall–Kier alpha value is -0.470. The third kappa shape index (κ3) is 4.58. The van der Waals surface area contributed by atoms with E-state index >= 15 is 0 Å². The fourth-order valence-electron chi connectivity index (χ4n) is 1.59. The summed E-state index contributed by atoms with van der Waals surface area (Å²) in [5.41, 5.74) is 8.90. The van der Waals surface area contributed by atoms with Gasteiger partial charge in [0.1, 0.15) is 0 Å². The van der Waals surface area contributed by atoms with Gasteiger partial charge in [0.05, 0.1) is 0 Å². The predicted octanol–water partition coefficient (Wildman–Crippen LogP) is 3.40. The van der Waals surface area contributed by atoms with Gasteiger partial charge in [0, 0.05) is 17.0 Å². The second-order valence-corrected chi connectivity index (χ2v) is 5.91. The Bertz CT molecular complexity index is 311. The molecule has 90 valence electrons. The minimum Gasteiger partial charge on any atom is -0.327 e. The summed E-state index contributed by atoms with van der Waals surface area (Å²) < 4.78 is 0. The van der Waals surface area contributed by atoms with E-state index in [1.165, 1.54) is 17.5 Å². The van der Waals surface area contributed by atoms with E-state index in [1.54, 1.807) is 0 Å². The zero-order valence-corrected chi connectivity index (χ0v) is 11.4. The second-order valence-electron chi connectivity index (χ2n) is 4.44. The SMILES string of the molecule is CCC(C)SCC(N)Cc1ccccc1C. The maximum Gasteiger partial charge on any atom is 0.0171 e. The van der Waals surface area contributed by atoms with Crippen LogP contribution < -0.4 is 5.73 Å². The van der Waals surface area contributed by atoms with Crippen molar-refractivity contribution in [2.24, 2.45) is 5.73 Å². The molecule has 2 unspecified atom stereocenters. The third-order valence-corrected chi connectivity index (χ3v) is 4.44. The van der Waals surface area contributed by atoms with Gasteiger partial charge < -0.3 is 5.73 Å². The summed E-state index contributed by atoms with van der Waals surface area (Å²) in [7, 11) is 0. The van der Waals surface area contributed by atoms with Crippen molar-refractivity contribution in [2.75, 3.05) is 5.75 Å². The van der Waals surface area contributed by atoms with E-state index in [0.717, 1.165) is 17.4 Å². The van der Waals surface area contributed by atoms with Gasteiger partial charge in [-0.05, 0) is 30.9 Å². The number of aryl methyl sites for hydroxylation is 1. The van der Waals surface area contributed by atoms with Gasteiger partial charge in [0.25, 0.3) is 0 Å². The molecule has 1 aromatic rings. The van der Waals surface area contributed by atoms with Crippen molar-refractivity contribution in [3.8, 4) is 0 Å². The summed E-state index contributed by atoms with van der Waals surface area (Å²) in [6.07, 6.45) is 2.22. The average molecular weight is 237 g/mol. The molecule has 1 nitrogen and oxygen atoms in total. The number of nitrogens with two attached hydrogens (primary N) is 1. The first-order valence-corrected chi connectivity index (χ1v) is 7.10. The van der Waals surface area contributed by atoms with Crippen LogP contribution >= 0.6 is 11.8 Å². The third-order valence-electron chi connectivity index (χ3n) is 2.91. The Morgan fingerprint density at radius 2 is 2.00 bits per heavy atom. The fraction of sp³-hybridized carbons (Fsp3) is 0.571. The molecule has 0 spiro atoms. The topological polar surface area (TPSA) is 26.0 Å². The first-order chi connectivity index (χ1) is 7.63. The van der Waals surface area contributed by atoms with Crippen molar-refractivity contribution < 1.29 is 0 Å². The number of rotatable bonds is 6. The minimum atomic E-state index is 0.278. The molecule has 0 aliphatic rings. The number of hydrogen-bond acceptors (Lipinski definition) is 2. The quantitative estimate of drug-likeness (QED) is 0.820. The van der Waals surface area contributed by atoms with Crippen LogP contribution in [0, 0.1) is 6.92 Å². The molecule has 0 aliphatic carbocycles. The maximum atomic E-state index is 6.16. The Morgan fingerprint density at radius 3 is 2.62 bits per heavy atom. The largest absolute Gasteiger partial charge is 0.327 e. The molecule has 0 saturated carbocycles. The molecular formula is C14H23NS. The predicted molar refractivity (Wildman–Crippen MR) is 75.1 cm³/mol. The van der Waals surface area contributed by atoms with Gasteiger partial charge >= 0.3 is 0 Å². The number of hydrogen-bond donors (Lipinski definition) is 1. The first kappa shape index (κ1) is 13.6. The molecule has 0 bridgehead atoms. The van der Waals surface area contributed by atoms with Crippen LogP contribution in [0.5, 0.6) is 0 Å². The van der Waals surface area contributed by atoms with E-state index in [4.69, 9.17) is 5.73 Å². The highest BCUT2D eigenvalue weighted by Crippen LogP contribution is 2.16. The lowest BCUT2D eigenvalue weighted by Crippen LogP contribution is -2.26. The van der Waals surface area contributed by atoms with Crippen molar-refractivity contribution in [1.82, 2.24) is 0 Å².